The molecule has 0 saturated carbocycles. The molecular weight excluding hydrogens is 248 g/mol. The molecule has 1 aromatic carbocycles. The maximum Gasteiger partial charge on any atom is 0.171 e. The summed E-state index contributed by atoms with van der Waals surface area (Å²) in [5.74, 6) is -2.84. The lowest BCUT2D eigenvalue weighted by Gasteiger charge is -2.22. The fraction of sp³-hybridized carbons (Fsp3) is 0.417. The summed E-state index contributed by atoms with van der Waals surface area (Å²) in [6.45, 7) is 1.43. The Morgan fingerprint density at radius 3 is 2.59 bits per heavy atom. The summed E-state index contributed by atoms with van der Waals surface area (Å²) in [5.41, 5.74) is -0.307. The number of rotatable bonds is 2. The lowest BCUT2D eigenvalue weighted by Crippen LogP contribution is -2.32. The fourth-order valence-electron chi connectivity index (χ4n) is 2.04. The number of carbonyl (C=O) groups is 1. The molecule has 0 amide bonds. The van der Waals surface area contributed by atoms with Crippen molar-refractivity contribution < 1.29 is 13.6 Å². The van der Waals surface area contributed by atoms with Crippen LogP contribution in [-0.4, -0.2) is 18.9 Å². The number of nitrogens with one attached hydrogen (secondary N) is 1. The average Bonchev–Trinajstić information content (AvgIpc) is 2.35. The summed E-state index contributed by atoms with van der Waals surface area (Å²) in [7, 11) is 0. The number of benzene rings is 1. The number of ketones is 1. The van der Waals surface area contributed by atoms with Crippen LogP contribution in [0.25, 0.3) is 0 Å². The topological polar surface area (TPSA) is 29.1 Å². The Hall–Kier alpha value is -1.00. The van der Waals surface area contributed by atoms with E-state index in [0.717, 1.165) is 6.07 Å². The second-order valence-corrected chi connectivity index (χ2v) is 4.51. The minimum atomic E-state index is -1.14. The number of halogens is 3. The van der Waals surface area contributed by atoms with Gasteiger partial charge in [-0.15, -0.1) is 0 Å². The normalized spacial score (nSPS) is 17.1. The van der Waals surface area contributed by atoms with Gasteiger partial charge in [0, 0.05) is 5.92 Å². The maximum absolute atomic E-state index is 13.6. The molecule has 2 nitrogen and oxygen atoms in total. The fourth-order valence-corrected chi connectivity index (χ4v) is 2.28. The highest BCUT2D eigenvalue weighted by Crippen LogP contribution is 2.27. The van der Waals surface area contributed by atoms with E-state index >= 15 is 0 Å². The first-order chi connectivity index (χ1) is 8.11. The van der Waals surface area contributed by atoms with E-state index in [2.05, 4.69) is 5.32 Å². The maximum atomic E-state index is 13.6. The van der Waals surface area contributed by atoms with Crippen molar-refractivity contribution in [2.75, 3.05) is 13.1 Å². The van der Waals surface area contributed by atoms with Gasteiger partial charge in [0.25, 0.3) is 0 Å². The van der Waals surface area contributed by atoms with Gasteiger partial charge in [-0.25, -0.2) is 8.78 Å². The quantitative estimate of drug-likeness (QED) is 0.654. The molecule has 0 unspecified atom stereocenters. The van der Waals surface area contributed by atoms with Gasteiger partial charge in [0.05, 0.1) is 10.6 Å². The molecule has 0 spiro atoms. The zero-order chi connectivity index (χ0) is 12.4. The third kappa shape index (κ3) is 2.48. The van der Waals surface area contributed by atoms with Crippen molar-refractivity contribution in [2.24, 2.45) is 5.92 Å². The van der Waals surface area contributed by atoms with Crippen molar-refractivity contribution in [3.8, 4) is 0 Å². The smallest absolute Gasteiger partial charge is 0.171 e. The van der Waals surface area contributed by atoms with Crippen LogP contribution in [0.1, 0.15) is 23.2 Å². The van der Waals surface area contributed by atoms with Crippen LogP contribution < -0.4 is 5.32 Å². The molecule has 5 heteroatoms. The van der Waals surface area contributed by atoms with Gasteiger partial charge in [0.2, 0.25) is 0 Å². The molecule has 1 fully saturated rings. The molecule has 0 bridgehead atoms. The first kappa shape index (κ1) is 12.5. The van der Waals surface area contributed by atoms with Gasteiger partial charge >= 0.3 is 0 Å². The Bertz CT molecular complexity index is 444. The first-order valence-electron chi connectivity index (χ1n) is 5.49. The van der Waals surface area contributed by atoms with E-state index in [1.165, 1.54) is 6.07 Å². The highest BCUT2D eigenvalue weighted by atomic mass is 35.5. The zero-order valence-electron chi connectivity index (χ0n) is 9.10. The molecule has 1 aliphatic rings. The minimum Gasteiger partial charge on any atom is -0.317 e. The standard InChI is InChI=1S/C12H12ClF2NO/c13-8-1-2-9(14)11(15)10(8)12(17)7-3-5-16-6-4-7/h1-2,7,16H,3-6H2. The molecule has 1 N–H and O–H groups in total. The van der Waals surface area contributed by atoms with Crippen molar-refractivity contribution >= 4 is 17.4 Å². The second-order valence-electron chi connectivity index (χ2n) is 4.11. The number of carbonyl (C=O) groups excluding carboxylic acids is 1. The van der Waals surface area contributed by atoms with Crippen LogP contribution in [0.3, 0.4) is 0 Å². The van der Waals surface area contributed by atoms with E-state index < -0.39 is 17.4 Å². The van der Waals surface area contributed by atoms with Gasteiger partial charge in [-0.2, -0.15) is 0 Å². The molecule has 1 aromatic rings. The van der Waals surface area contributed by atoms with Crippen molar-refractivity contribution in [1.29, 1.82) is 0 Å². The Morgan fingerprint density at radius 1 is 1.29 bits per heavy atom. The number of hydrogen-bond acceptors (Lipinski definition) is 2. The molecule has 1 heterocycles. The van der Waals surface area contributed by atoms with E-state index in [1.807, 2.05) is 0 Å². The summed E-state index contributed by atoms with van der Waals surface area (Å²) >= 11 is 5.77. The van der Waals surface area contributed by atoms with Gasteiger partial charge < -0.3 is 5.32 Å². The molecule has 1 saturated heterocycles. The Kier molecular flexibility index (Phi) is 3.74. The van der Waals surface area contributed by atoms with E-state index in [4.69, 9.17) is 11.6 Å². The van der Waals surface area contributed by atoms with Crippen LogP contribution in [0.2, 0.25) is 5.02 Å². The molecule has 0 radical (unpaired) electrons. The molecule has 17 heavy (non-hydrogen) atoms. The van der Waals surface area contributed by atoms with Crippen LogP contribution >= 0.6 is 11.6 Å². The van der Waals surface area contributed by atoms with Crippen LogP contribution in [0.5, 0.6) is 0 Å². The summed E-state index contributed by atoms with van der Waals surface area (Å²) in [6.07, 6.45) is 1.26. The van der Waals surface area contributed by atoms with Crippen molar-refractivity contribution in [2.45, 2.75) is 12.8 Å². The molecule has 92 valence electrons. The van der Waals surface area contributed by atoms with Crippen molar-refractivity contribution in [3.05, 3.63) is 34.4 Å². The van der Waals surface area contributed by atoms with Crippen molar-refractivity contribution in [1.82, 2.24) is 5.32 Å². The summed E-state index contributed by atoms with van der Waals surface area (Å²) in [5, 5.41) is 3.09. The van der Waals surface area contributed by atoms with Crippen LogP contribution in [-0.2, 0) is 0 Å². The van der Waals surface area contributed by atoms with Gasteiger partial charge in [0.15, 0.2) is 17.4 Å². The van der Waals surface area contributed by atoms with Gasteiger partial charge in [0.1, 0.15) is 0 Å². The van der Waals surface area contributed by atoms with E-state index in [9.17, 15) is 13.6 Å². The number of piperidine rings is 1. The zero-order valence-corrected chi connectivity index (χ0v) is 9.86. The van der Waals surface area contributed by atoms with Gasteiger partial charge in [-0.05, 0) is 38.1 Å². The summed E-state index contributed by atoms with van der Waals surface area (Å²) < 4.78 is 26.7. The summed E-state index contributed by atoms with van der Waals surface area (Å²) in [6, 6.07) is 2.14. The molecular formula is C12H12ClF2NO. The second kappa shape index (κ2) is 5.10. The first-order valence-corrected chi connectivity index (χ1v) is 5.87. The van der Waals surface area contributed by atoms with Crippen LogP contribution in [0, 0.1) is 17.6 Å². The third-order valence-electron chi connectivity index (χ3n) is 3.00. The monoisotopic (exact) mass is 259 g/mol. The summed E-state index contributed by atoms with van der Waals surface area (Å²) in [4.78, 5) is 12.1. The molecule has 0 aliphatic carbocycles. The number of Topliss-reactive ketones (excluding diaryl/α,β-unsaturated/α-hetero) is 1. The average molecular weight is 260 g/mol. The van der Waals surface area contributed by atoms with Gasteiger partial charge in [-0.3, -0.25) is 4.79 Å². The minimum absolute atomic E-state index is 0.0209. The van der Waals surface area contributed by atoms with Crippen LogP contribution in [0.15, 0.2) is 12.1 Å². The van der Waals surface area contributed by atoms with E-state index in [-0.39, 0.29) is 16.5 Å². The number of hydrogen-bond donors (Lipinski definition) is 1. The Balaban J connectivity index is 2.32. The van der Waals surface area contributed by atoms with E-state index in [0.29, 0.717) is 25.9 Å². The predicted octanol–water partition coefficient (Wildman–Crippen LogP) is 2.80. The highest BCUT2D eigenvalue weighted by Gasteiger charge is 2.27. The molecule has 2 rings (SSSR count). The largest absolute Gasteiger partial charge is 0.317 e. The lowest BCUT2D eigenvalue weighted by molar-refractivity contribution is 0.0890. The molecule has 1 aliphatic heterocycles. The SMILES string of the molecule is O=C(c1c(Cl)ccc(F)c1F)C1CCNCC1. The van der Waals surface area contributed by atoms with E-state index in [1.54, 1.807) is 0 Å². The third-order valence-corrected chi connectivity index (χ3v) is 3.32. The molecule has 0 atom stereocenters. The predicted molar refractivity (Wildman–Crippen MR) is 61.3 cm³/mol. The Morgan fingerprint density at radius 2 is 1.94 bits per heavy atom. The lowest BCUT2D eigenvalue weighted by atomic mass is 9.89. The van der Waals surface area contributed by atoms with Gasteiger partial charge in [-0.1, -0.05) is 11.6 Å². The molecule has 0 aromatic heterocycles. The highest BCUT2D eigenvalue weighted by molar-refractivity contribution is 6.34. The van der Waals surface area contributed by atoms with Crippen LogP contribution in [0.4, 0.5) is 8.78 Å². The Labute approximate surface area is 103 Å². The van der Waals surface area contributed by atoms with Crippen molar-refractivity contribution in [3.63, 3.8) is 0 Å².